The molecule has 5 nitrogen and oxygen atoms in total. The number of ether oxygens (including phenoxy) is 2. The highest BCUT2D eigenvalue weighted by molar-refractivity contribution is 5.74. The number of esters is 1. The van der Waals surface area contributed by atoms with Crippen LogP contribution in [0.3, 0.4) is 0 Å². The number of hydrogen-bond donors (Lipinski definition) is 1. The molecule has 0 radical (unpaired) electrons. The van der Waals surface area contributed by atoms with E-state index in [4.69, 9.17) is 15.7 Å². The summed E-state index contributed by atoms with van der Waals surface area (Å²) in [7, 11) is 0. The normalized spacial score (nSPS) is 10.2. The number of nitriles is 1. The SMILES string of the molecule is CCOC(=O)Cc1cc(C#N)c(CN)cc1OC(F)F. The van der Waals surface area contributed by atoms with Gasteiger partial charge in [-0.05, 0) is 24.6 Å². The molecule has 20 heavy (non-hydrogen) atoms. The summed E-state index contributed by atoms with van der Waals surface area (Å²) in [5.41, 5.74) is 6.19. The number of nitrogens with zero attached hydrogens (tertiary/aromatic N) is 1. The number of hydrogen-bond acceptors (Lipinski definition) is 5. The van der Waals surface area contributed by atoms with Gasteiger partial charge in [0.1, 0.15) is 5.75 Å². The molecule has 0 saturated heterocycles. The third-order valence-corrected chi connectivity index (χ3v) is 2.48. The molecule has 0 unspecified atom stereocenters. The van der Waals surface area contributed by atoms with Crippen molar-refractivity contribution < 1.29 is 23.0 Å². The highest BCUT2D eigenvalue weighted by Crippen LogP contribution is 2.26. The molecule has 0 fully saturated rings. The Morgan fingerprint density at radius 2 is 2.15 bits per heavy atom. The first-order valence-electron chi connectivity index (χ1n) is 5.88. The van der Waals surface area contributed by atoms with E-state index in [1.807, 2.05) is 6.07 Å². The van der Waals surface area contributed by atoms with E-state index >= 15 is 0 Å². The first-order valence-corrected chi connectivity index (χ1v) is 5.88. The highest BCUT2D eigenvalue weighted by atomic mass is 19.3. The van der Waals surface area contributed by atoms with E-state index in [2.05, 4.69) is 4.74 Å². The fourth-order valence-corrected chi connectivity index (χ4v) is 1.65. The zero-order valence-electron chi connectivity index (χ0n) is 10.9. The lowest BCUT2D eigenvalue weighted by atomic mass is 10.0. The van der Waals surface area contributed by atoms with Crippen LogP contribution < -0.4 is 10.5 Å². The lowest BCUT2D eigenvalue weighted by Crippen LogP contribution is -2.12. The Bertz CT molecular complexity index is 527. The zero-order chi connectivity index (χ0) is 15.1. The van der Waals surface area contributed by atoms with Crippen LogP contribution >= 0.6 is 0 Å². The summed E-state index contributed by atoms with van der Waals surface area (Å²) in [6.07, 6.45) is -0.255. The topological polar surface area (TPSA) is 85.3 Å². The fourth-order valence-electron chi connectivity index (χ4n) is 1.65. The average Bonchev–Trinajstić information content (AvgIpc) is 2.39. The van der Waals surface area contributed by atoms with Gasteiger partial charge in [0.15, 0.2) is 0 Å². The van der Waals surface area contributed by atoms with Crippen LogP contribution in [0.4, 0.5) is 8.78 Å². The van der Waals surface area contributed by atoms with Crippen molar-refractivity contribution in [3.8, 4) is 11.8 Å². The van der Waals surface area contributed by atoms with E-state index in [0.29, 0.717) is 5.56 Å². The van der Waals surface area contributed by atoms with Gasteiger partial charge in [-0.15, -0.1) is 0 Å². The molecule has 0 aliphatic heterocycles. The first kappa shape index (κ1) is 15.9. The molecule has 0 aliphatic rings. The highest BCUT2D eigenvalue weighted by Gasteiger charge is 2.16. The molecule has 0 atom stereocenters. The molecule has 1 rings (SSSR count). The summed E-state index contributed by atoms with van der Waals surface area (Å²) in [5.74, 6) is -0.761. The van der Waals surface area contributed by atoms with Gasteiger partial charge in [0.25, 0.3) is 0 Å². The molecule has 1 aromatic rings. The Balaban J connectivity index is 3.17. The summed E-state index contributed by atoms with van der Waals surface area (Å²) in [5, 5.41) is 8.97. The van der Waals surface area contributed by atoms with Gasteiger partial charge in [-0.3, -0.25) is 4.79 Å². The molecule has 1 aromatic carbocycles. The molecule has 7 heteroatoms. The van der Waals surface area contributed by atoms with Crippen LogP contribution in [0.15, 0.2) is 12.1 Å². The van der Waals surface area contributed by atoms with Crippen LogP contribution in [-0.4, -0.2) is 19.2 Å². The zero-order valence-corrected chi connectivity index (χ0v) is 10.9. The second-order valence-corrected chi connectivity index (χ2v) is 3.79. The minimum absolute atomic E-state index is 0.00216. The molecule has 0 amide bonds. The third-order valence-electron chi connectivity index (χ3n) is 2.48. The van der Waals surface area contributed by atoms with Crippen LogP contribution in [0, 0.1) is 11.3 Å². The van der Waals surface area contributed by atoms with Crippen molar-refractivity contribution in [2.24, 2.45) is 5.73 Å². The number of benzene rings is 1. The summed E-state index contributed by atoms with van der Waals surface area (Å²) >= 11 is 0. The molecular weight excluding hydrogens is 270 g/mol. The van der Waals surface area contributed by atoms with Gasteiger partial charge in [-0.25, -0.2) is 0 Å². The van der Waals surface area contributed by atoms with Gasteiger partial charge >= 0.3 is 12.6 Å². The third kappa shape index (κ3) is 4.17. The largest absolute Gasteiger partial charge is 0.466 e. The van der Waals surface area contributed by atoms with Crippen molar-refractivity contribution in [1.82, 2.24) is 0 Å². The molecule has 0 heterocycles. The van der Waals surface area contributed by atoms with E-state index in [9.17, 15) is 13.6 Å². The quantitative estimate of drug-likeness (QED) is 0.804. The monoisotopic (exact) mass is 284 g/mol. The van der Waals surface area contributed by atoms with Gasteiger partial charge in [0, 0.05) is 12.1 Å². The smallest absolute Gasteiger partial charge is 0.387 e. The van der Waals surface area contributed by atoms with E-state index in [1.54, 1.807) is 6.92 Å². The van der Waals surface area contributed by atoms with E-state index in [0.717, 1.165) is 0 Å². The maximum absolute atomic E-state index is 12.4. The number of rotatable bonds is 6. The number of halogens is 2. The Morgan fingerprint density at radius 1 is 1.45 bits per heavy atom. The van der Waals surface area contributed by atoms with Gasteiger partial charge in [0.2, 0.25) is 0 Å². The van der Waals surface area contributed by atoms with Crippen molar-refractivity contribution in [2.45, 2.75) is 26.5 Å². The van der Waals surface area contributed by atoms with Crippen LogP contribution in [0.2, 0.25) is 0 Å². The predicted octanol–water partition coefficient (Wildman–Crippen LogP) is 1.72. The summed E-state index contributed by atoms with van der Waals surface area (Å²) in [6, 6.07) is 4.46. The van der Waals surface area contributed by atoms with Gasteiger partial charge in [-0.2, -0.15) is 14.0 Å². The Morgan fingerprint density at radius 3 is 2.65 bits per heavy atom. The van der Waals surface area contributed by atoms with Gasteiger partial charge in [-0.1, -0.05) is 0 Å². The van der Waals surface area contributed by atoms with Crippen molar-refractivity contribution in [3.05, 3.63) is 28.8 Å². The molecule has 2 N–H and O–H groups in total. The molecule has 0 aliphatic carbocycles. The number of carbonyl (C=O) groups is 1. The standard InChI is InChI=1S/C13H14F2N2O3/c1-2-19-12(18)5-8-3-9(6-16)10(7-17)4-11(8)20-13(14)15/h3-4,13H,2,5,7,17H2,1H3. The molecule has 0 saturated carbocycles. The van der Waals surface area contributed by atoms with Crippen molar-refractivity contribution >= 4 is 5.97 Å². The lowest BCUT2D eigenvalue weighted by Gasteiger charge is -2.13. The summed E-state index contributed by atoms with van der Waals surface area (Å²) in [6.45, 7) is -1.22. The van der Waals surface area contributed by atoms with E-state index in [-0.39, 0.29) is 36.4 Å². The van der Waals surface area contributed by atoms with Crippen molar-refractivity contribution in [2.75, 3.05) is 6.61 Å². The molecule has 0 aromatic heterocycles. The minimum Gasteiger partial charge on any atom is -0.466 e. The summed E-state index contributed by atoms with van der Waals surface area (Å²) < 4.78 is 33.8. The second-order valence-electron chi connectivity index (χ2n) is 3.79. The van der Waals surface area contributed by atoms with Crippen LogP contribution in [0.25, 0.3) is 0 Å². The van der Waals surface area contributed by atoms with Crippen molar-refractivity contribution in [1.29, 1.82) is 5.26 Å². The minimum atomic E-state index is -3.03. The van der Waals surface area contributed by atoms with E-state index in [1.165, 1.54) is 12.1 Å². The molecular formula is C13H14F2N2O3. The Kier molecular flexibility index (Phi) is 5.87. The van der Waals surface area contributed by atoms with Crippen LogP contribution in [0.5, 0.6) is 5.75 Å². The Hall–Kier alpha value is -2.20. The Labute approximate surface area is 114 Å². The van der Waals surface area contributed by atoms with Gasteiger partial charge < -0.3 is 15.2 Å². The van der Waals surface area contributed by atoms with E-state index < -0.39 is 12.6 Å². The average molecular weight is 284 g/mol. The maximum atomic E-state index is 12.4. The number of alkyl halides is 2. The molecule has 0 spiro atoms. The number of carbonyl (C=O) groups excluding carboxylic acids is 1. The fraction of sp³-hybridized carbons (Fsp3) is 0.385. The van der Waals surface area contributed by atoms with Crippen molar-refractivity contribution in [3.63, 3.8) is 0 Å². The molecule has 0 bridgehead atoms. The molecule has 108 valence electrons. The second kappa shape index (κ2) is 7.40. The predicted molar refractivity (Wildman–Crippen MR) is 66.0 cm³/mol. The maximum Gasteiger partial charge on any atom is 0.387 e. The lowest BCUT2D eigenvalue weighted by molar-refractivity contribution is -0.142. The van der Waals surface area contributed by atoms with Crippen LogP contribution in [-0.2, 0) is 22.5 Å². The first-order chi connectivity index (χ1) is 9.51. The number of nitrogens with two attached hydrogens (primary N) is 1. The summed E-state index contributed by atoms with van der Waals surface area (Å²) in [4.78, 5) is 11.4. The van der Waals surface area contributed by atoms with Gasteiger partial charge in [0.05, 0.1) is 24.7 Å². The van der Waals surface area contributed by atoms with Crippen LogP contribution in [0.1, 0.15) is 23.6 Å².